The normalized spacial score (nSPS) is 10.3. The third kappa shape index (κ3) is 3.92. The molecule has 0 aromatic heterocycles. The van der Waals surface area contributed by atoms with E-state index >= 15 is 0 Å². The van der Waals surface area contributed by atoms with Crippen molar-refractivity contribution in [3.8, 4) is 5.75 Å². The first-order chi connectivity index (χ1) is 10.5. The number of amides is 1. The highest BCUT2D eigenvalue weighted by molar-refractivity contribution is 6.34. The second-order valence-electron chi connectivity index (χ2n) is 5.03. The molecule has 3 N–H and O–H groups in total. The summed E-state index contributed by atoms with van der Waals surface area (Å²) >= 11 is 6.15. The Morgan fingerprint density at radius 1 is 1.32 bits per heavy atom. The van der Waals surface area contributed by atoms with Crippen molar-refractivity contribution in [1.29, 1.82) is 0 Å². The predicted molar refractivity (Wildman–Crippen MR) is 90.8 cm³/mol. The predicted octanol–water partition coefficient (Wildman–Crippen LogP) is 4.27. The van der Waals surface area contributed by atoms with E-state index in [1.54, 1.807) is 30.3 Å². The van der Waals surface area contributed by atoms with Crippen molar-refractivity contribution in [3.05, 3.63) is 52.5 Å². The standard InChI is InChI=1S/C17H19ClN2O2/c1-3-7-22-14-6-4-5-12(9-14)17(21)20-16-11(2)8-13(19)10-15(16)18/h4-6,8-10H,3,7,19H2,1-2H3,(H,20,21). The van der Waals surface area contributed by atoms with E-state index in [4.69, 9.17) is 22.1 Å². The molecule has 0 fully saturated rings. The molecule has 0 atom stereocenters. The van der Waals surface area contributed by atoms with Crippen LogP contribution in [0.4, 0.5) is 11.4 Å². The number of rotatable bonds is 5. The summed E-state index contributed by atoms with van der Waals surface area (Å²) in [6.45, 7) is 4.50. The monoisotopic (exact) mass is 318 g/mol. The molecular weight excluding hydrogens is 300 g/mol. The molecule has 0 aliphatic rings. The van der Waals surface area contributed by atoms with Crippen LogP contribution in [0, 0.1) is 6.92 Å². The van der Waals surface area contributed by atoms with E-state index in [9.17, 15) is 4.79 Å². The van der Waals surface area contributed by atoms with Crippen LogP contribution in [-0.4, -0.2) is 12.5 Å². The first kappa shape index (κ1) is 16.2. The van der Waals surface area contributed by atoms with Crippen molar-refractivity contribution in [3.63, 3.8) is 0 Å². The first-order valence-corrected chi connectivity index (χ1v) is 7.49. The molecule has 0 heterocycles. The molecule has 4 nitrogen and oxygen atoms in total. The van der Waals surface area contributed by atoms with E-state index in [0.29, 0.717) is 34.3 Å². The van der Waals surface area contributed by atoms with Crippen molar-refractivity contribution >= 4 is 28.9 Å². The van der Waals surface area contributed by atoms with Crippen molar-refractivity contribution in [2.24, 2.45) is 0 Å². The number of anilines is 2. The first-order valence-electron chi connectivity index (χ1n) is 7.11. The zero-order valence-electron chi connectivity index (χ0n) is 12.7. The minimum absolute atomic E-state index is 0.239. The second kappa shape index (κ2) is 7.18. The van der Waals surface area contributed by atoms with E-state index in [2.05, 4.69) is 5.32 Å². The number of carbonyl (C=O) groups is 1. The van der Waals surface area contributed by atoms with E-state index in [1.807, 2.05) is 19.9 Å². The summed E-state index contributed by atoms with van der Waals surface area (Å²) in [6, 6.07) is 10.4. The zero-order valence-corrected chi connectivity index (χ0v) is 13.4. The molecule has 1 amide bonds. The number of nitrogens with one attached hydrogen (secondary N) is 1. The molecule has 0 saturated carbocycles. The van der Waals surface area contributed by atoms with Crippen LogP contribution in [-0.2, 0) is 0 Å². The van der Waals surface area contributed by atoms with E-state index in [-0.39, 0.29) is 5.91 Å². The Morgan fingerprint density at radius 3 is 2.77 bits per heavy atom. The number of nitrogen functional groups attached to an aromatic ring is 1. The van der Waals surface area contributed by atoms with Gasteiger partial charge in [-0.1, -0.05) is 24.6 Å². The highest BCUT2D eigenvalue weighted by Crippen LogP contribution is 2.29. The maximum absolute atomic E-state index is 12.4. The number of carbonyl (C=O) groups excluding carboxylic acids is 1. The lowest BCUT2D eigenvalue weighted by atomic mass is 10.1. The third-order valence-electron chi connectivity index (χ3n) is 3.12. The molecule has 22 heavy (non-hydrogen) atoms. The van der Waals surface area contributed by atoms with E-state index < -0.39 is 0 Å². The highest BCUT2D eigenvalue weighted by atomic mass is 35.5. The van der Waals surface area contributed by atoms with Crippen LogP contribution in [0.2, 0.25) is 5.02 Å². The Hall–Kier alpha value is -2.20. The van der Waals surface area contributed by atoms with E-state index in [1.165, 1.54) is 0 Å². The summed E-state index contributed by atoms with van der Waals surface area (Å²) in [7, 11) is 0. The number of halogens is 1. The van der Waals surface area contributed by atoms with Crippen molar-refractivity contribution in [1.82, 2.24) is 0 Å². The largest absolute Gasteiger partial charge is 0.494 e. The van der Waals surface area contributed by atoms with Gasteiger partial charge >= 0.3 is 0 Å². The van der Waals surface area contributed by atoms with Crippen molar-refractivity contribution in [2.75, 3.05) is 17.7 Å². The number of hydrogen-bond donors (Lipinski definition) is 2. The second-order valence-corrected chi connectivity index (χ2v) is 5.43. The summed E-state index contributed by atoms with van der Waals surface area (Å²) in [5, 5.41) is 3.24. The van der Waals surface area contributed by atoms with Crippen LogP contribution >= 0.6 is 11.6 Å². The zero-order chi connectivity index (χ0) is 16.1. The number of hydrogen-bond acceptors (Lipinski definition) is 3. The number of nitrogens with two attached hydrogens (primary N) is 1. The fourth-order valence-electron chi connectivity index (χ4n) is 2.06. The van der Waals surface area contributed by atoms with Crippen LogP contribution < -0.4 is 15.8 Å². The highest BCUT2D eigenvalue weighted by Gasteiger charge is 2.12. The fourth-order valence-corrected chi connectivity index (χ4v) is 2.38. The van der Waals surface area contributed by atoms with Gasteiger partial charge in [0.25, 0.3) is 5.91 Å². The summed E-state index contributed by atoms with van der Waals surface area (Å²) in [5.74, 6) is 0.436. The van der Waals surface area contributed by atoms with Crippen LogP contribution in [0.1, 0.15) is 29.3 Å². The Labute approximate surface area is 135 Å². The Morgan fingerprint density at radius 2 is 2.09 bits per heavy atom. The molecule has 116 valence electrons. The minimum Gasteiger partial charge on any atom is -0.494 e. The van der Waals surface area contributed by atoms with Crippen molar-refractivity contribution in [2.45, 2.75) is 20.3 Å². The maximum Gasteiger partial charge on any atom is 0.255 e. The minimum atomic E-state index is -0.239. The molecule has 5 heteroatoms. The summed E-state index contributed by atoms with van der Waals surface area (Å²) < 4.78 is 5.54. The van der Waals surface area contributed by atoms with Crippen LogP contribution in [0.3, 0.4) is 0 Å². The van der Waals surface area contributed by atoms with Crippen molar-refractivity contribution < 1.29 is 9.53 Å². The lowest BCUT2D eigenvalue weighted by Gasteiger charge is -2.12. The molecule has 0 aliphatic heterocycles. The fraction of sp³-hybridized carbons (Fsp3) is 0.235. The molecule has 0 bridgehead atoms. The lowest BCUT2D eigenvalue weighted by molar-refractivity contribution is 0.102. The summed E-state index contributed by atoms with van der Waals surface area (Å²) in [5.41, 5.74) is 8.19. The maximum atomic E-state index is 12.4. The Kier molecular flexibility index (Phi) is 5.28. The van der Waals surface area contributed by atoms with Crippen LogP contribution in [0.5, 0.6) is 5.75 Å². The van der Waals surface area contributed by atoms with Gasteiger partial charge in [-0.3, -0.25) is 4.79 Å². The van der Waals surface area contributed by atoms with Crippen LogP contribution in [0.15, 0.2) is 36.4 Å². The van der Waals surface area contributed by atoms with Gasteiger partial charge < -0.3 is 15.8 Å². The molecule has 2 aromatic carbocycles. The average molecular weight is 319 g/mol. The van der Waals surface area contributed by atoms with Gasteiger partial charge in [0, 0.05) is 11.3 Å². The van der Waals surface area contributed by atoms with Crippen LogP contribution in [0.25, 0.3) is 0 Å². The Bertz CT molecular complexity index is 663. The number of ether oxygens (including phenoxy) is 1. The van der Waals surface area contributed by atoms with E-state index in [0.717, 1.165) is 12.0 Å². The molecule has 2 rings (SSSR count). The van der Waals surface area contributed by atoms with Gasteiger partial charge in [0.1, 0.15) is 5.75 Å². The summed E-state index contributed by atoms with van der Waals surface area (Å²) in [4.78, 5) is 12.4. The molecule has 0 unspecified atom stereocenters. The van der Waals surface area contributed by atoms with Gasteiger partial charge in [0.05, 0.1) is 17.3 Å². The Balaban J connectivity index is 2.19. The van der Waals surface area contributed by atoms with Gasteiger partial charge in [0.2, 0.25) is 0 Å². The van der Waals surface area contributed by atoms with Gasteiger partial charge in [-0.05, 0) is 49.2 Å². The molecular formula is C17H19ClN2O2. The molecule has 0 aliphatic carbocycles. The van der Waals surface area contributed by atoms with Gasteiger partial charge in [-0.2, -0.15) is 0 Å². The molecule has 0 spiro atoms. The third-order valence-corrected chi connectivity index (χ3v) is 3.42. The molecule has 0 saturated heterocycles. The quantitative estimate of drug-likeness (QED) is 0.809. The van der Waals surface area contributed by atoms with Gasteiger partial charge in [0.15, 0.2) is 0 Å². The number of benzene rings is 2. The van der Waals surface area contributed by atoms with Gasteiger partial charge in [-0.25, -0.2) is 0 Å². The SMILES string of the molecule is CCCOc1cccc(C(=O)Nc2c(C)cc(N)cc2Cl)c1. The topological polar surface area (TPSA) is 64.3 Å². The average Bonchev–Trinajstić information content (AvgIpc) is 2.49. The molecule has 0 radical (unpaired) electrons. The smallest absolute Gasteiger partial charge is 0.255 e. The molecule has 2 aromatic rings. The number of aryl methyl sites for hydroxylation is 1. The van der Waals surface area contributed by atoms with Gasteiger partial charge in [-0.15, -0.1) is 0 Å². The lowest BCUT2D eigenvalue weighted by Crippen LogP contribution is -2.13. The summed E-state index contributed by atoms with van der Waals surface area (Å²) in [6.07, 6.45) is 0.913.